The predicted molar refractivity (Wildman–Crippen MR) is 97.7 cm³/mol. The van der Waals surface area contributed by atoms with Gasteiger partial charge in [-0.3, -0.25) is 0 Å². The molecule has 0 aromatic heterocycles. The van der Waals surface area contributed by atoms with Crippen LogP contribution < -0.4 is 16.0 Å². The zero-order valence-corrected chi connectivity index (χ0v) is 15.6. The van der Waals surface area contributed by atoms with Crippen molar-refractivity contribution >= 4 is 33.4 Å². The van der Waals surface area contributed by atoms with Gasteiger partial charge in [0, 0.05) is 24.1 Å². The van der Waals surface area contributed by atoms with Crippen LogP contribution in [0.25, 0.3) is 0 Å². The summed E-state index contributed by atoms with van der Waals surface area (Å²) in [7, 11) is 0. The van der Waals surface area contributed by atoms with Gasteiger partial charge in [0.25, 0.3) is 0 Å². The maximum Gasteiger partial charge on any atom is 0.407 e. The quantitative estimate of drug-likeness (QED) is 0.779. The highest BCUT2D eigenvalue weighted by molar-refractivity contribution is 9.10. The number of nitrogen functional groups attached to an aromatic ring is 1. The Hall–Kier alpha value is -1.43. The van der Waals surface area contributed by atoms with Crippen LogP contribution in [0.15, 0.2) is 22.7 Å². The number of hydrogen-bond acceptors (Lipinski definition) is 4. The summed E-state index contributed by atoms with van der Waals surface area (Å²) in [5, 5.41) is 2.87. The van der Waals surface area contributed by atoms with Gasteiger partial charge in [0.1, 0.15) is 5.60 Å². The monoisotopic (exact) mass is 383 g/mol. The van der Waals surface area contributed by atoms with Crippen molar-refractivity contribution in [3.05, 3.63) is 22.7 Å². The Bertz CT molecular complexity index is 549. The third kappa shape index (κ3) is 5.61. The van der Waals surface area contributed by atoms with Crippen LogP contribution in [0.4, 0.5) is 16.2 Å². The predicted octanol–water partition coefficient (Wildman–Crippen LogP) is 3.77. The summed E-state index contributed by atoms with van der Waals surface area (Å²) in [6, 6.07) is 5.94. The Morgan fingerprint density at radius 3 is 2.65 bits per heavy atom. The highest BCUT2D eigenvalue weighted by Crippen LogP contribution is 2.30. The molecule has 0 radical (unpaired) electrons. The van der Waals surface area contributed by atoms with E-state index in [1.54, 1.807) is 0 Å². The molecule has 1 aliphatic heterocycles. The fourth-order valence-corrected chi connectivity index (χ4v) is 3.06. The molecule has 0 bridgehead atoms. The average molecular weight is 384 g/mol. The van der Waals surface area contributed by atoms with Crippen molar-refractivity contribution in [1.82, 2.24) is 5.32 Å². The van der Waals surface area contributed by atoms with E-state index in [9.17, 15) is 4.79 Å². The summed E-state index contributed by atoms with van der Waals surface area (Å²) in [4.78, 5) is 14.0. The second-order valence-corrected chi connectivity index (χ2v) is 7.93. The van der Waals surface area contributed by atoms with Crippen LogP contribution in [-0.2, 0) is 4.74 Å². The van der Waals surface area contributed by atoms with Crippen LogP contribution in [0.1, 0.15) is 33.6 Å². The van der Waals surface area contributed by atoms with E-state index in [0.717, 1.165) is 41.8 Å². The van der Waals surface area contributed by atoms with Gasteiger partial charge >= 0.3 is 6.09 Å². The first-order chi connectivity index (χ1) is 10.7. The number of carbonyl (C=O) groups excluding carboxylic acids is 1. The Morgan fingerprint density at radius 1 is 1.39 bits per heavy atom. The zero-order chi connectivity index (χ0) is 17.0. The van der Waals surface area contributed by atoms with Gasteiger partial charge < -0.3 is 20.7 Å². The summed E-state index contributed by atoms with van der Waals surface area (Å²) < 4.78 is 6.30. The molecule has 0 atom stereocenters. The second kappa shape index (κ2) is 7.43. The third-order valence-electron chi connectivity index (χ3n) is 3.88. The van der Waals surface area contributed by atoms with E-state index in [-0.39, 0.29) is 6.09 Å². The normalized spacial score (nSPS) is 16.3. The molecule has 1 saturated heterocycles. The fourth-order valence-electron chi connectivity index (χ4n) is 2.71. The van der Waals surface area contributed by atoms with Gasteiger partial charge in [-0.25, -0.2) is 4.79 Å². The van der Waals surface area contributed by atoms with Gasteiger partial charge in [-0.1, -0.05) is 15.9 Å². The van der Waals surface area contributed by atoms with Crippen molar-refractivity contribution in [1.29, 1.82) is 0 Å². The highest BCUT2D eigenvalue weighted by Gasteiger charge is 2.22. The van der Waals surface area contributed by atoms with Crippen LogP contribution in [-0.4, -0.2) is 31.3 Å². The Labute approximate surface area is 146 Å². The molecule has 2 rings (SSSR count). The molecule has 1 aromatic carbocycles. The van der Waals surface area contributed by atoms with Gasteiger partial charge in [-0.15, -0.1) is 0 Å². The molecule has 0 aliphatic carbocycles. The Morgan fingerprint density at radius 2 is 2.04 bits per heavy atom. The Balaban J connectivity index is 1.80. The molecule has 128 valence electrons. The molecular weight excluding hydrogens is 358 g/mol. The number of amides is 1. The molecule has 6 heteroatoms. The molecular formula is C17H26BrN3O2. The topological polar surface area (TPSA) is 67.6 Å². The molecule has 0 unspecified atom stereocenters. The number of nitrogens with two attached hydrogens (primary N) is 1. The van der Waals surface area contributed by atoms with Crippen molar-refractivity contribution in [2.75, 3.05) is 30.3 Å². The standard InChI is InChI=1S/C17H26BrN3O2/c1-17(2,3)23-16(22)20-11-12-6-8-21(9-7-12)15-10-13(18)4-5-14(15)19/h4-5,10,12H,6-9,11,19H2,1-3H3,(H,20,22). The van der Waals surface area contributed by atoms with E-state index in [4.69, 9.17) is 10.5 Å². The van der Waals surface area contributed by atoms with Crippen LogP contribution in [0.2, 0.25) is 0 Å². The fraction of sp³-hybridized carbons (Fsp3) is 0.588. The number of rotatable bonds is 3. The van der Waals surface area contributed by atoms with E-state index >= 15 is 0 Å². The van der Waals surface area contributed by atoms with E-state index in [2.05, 4.69) is 32.2 Å². The number of nitrogens with one attached hydrogen (secondary N) is 1. The number of piperidine rings is 1. The van der Waals surface area contributed by atoms with Gasteiger partial charge in [0.2, 0.25) is 0 Å². The van der Waals surface area contributed by atoms with E-state index in [1.165, 1.54) is 0 Å². The molecule has 1 heterocycles. The number of nitrogens with zero attached hydrogens (tertiary/aromatic N) is 1. The molecule has 1 aromatic rings. The van der Waals surface area contributed by atoms with Crippen molar-refractivity contribution in [3.8, 4) is 0 Å². The van der Waals surface area contributed by atoms with Crippen LogP contribution >= 0.6 is 15.9 Å². The third-order valence-corrected chi connectivity index (χ3v) is 4.37. The summed E-state index contributed by atoms with van der Waals surface area (Å²) in [6.07, 6.45) is 1.72. The minimum absolute atomic E-state index is 0.337. The number of carbonyl (C=O) groups is 1. The van der Waals surface area contributed by atoms with E-state index in [0.29, 0.717) is 12.5 Å². The van der Waals surface area contributed by atoms with Crippen LogP contribution in [0, 0.1) is 5.92 Å². The average Bonchev–Trinajstić information content (AvgIpc) is 2.46. The number of benzene rings is 1. The highest BCUT2D eigenvalue weighted by atomic mass is 79.9. The summed E-state index contributed by atoms with van der Waals surface area (Å²) in [5.41, 5.74) is 7.51. The smallest absolute Gasteiger partial charge is 0.407 e. The first-order valence-electron chi connectivity index (χ1n) is 8.01. The largest absolute Gasteiger partial charge is 0.444 e. The molecule has 1 fully saturated rings. The first kappa shape index (κ1) is 17.9. The maximum absolute atomic E-state index is 11.7. The zero-order valence-electron chi connectivity index (χ0n) is 14.1. The van der Waals surface area contributed by atoms with Crippen molar-refractivity contribution in [3.63, 3.8) is 0 Å². The van der Waals surface area contributed by atoms with Crippen LogP contribution in [0.5, 0.6) is 0 Å². The van der Waals surface area contributed by atoms with Crippen molar-refractivity contribution in [2.45, 2.75) is 39.2 Å². The van der Waals surface area contributed by atoms with Crippen molar-refractivity contribution < 1.29 is 9.53 Å². The SMILES string of the molecule is CC(C)(C)OC(=O)NCC1CCN(c2cc(Br)ccc2N)CC1. The summed E-state index contributed by atoms with van der Waals surface area (Å²) in [5.74, 6) is 0.479. The molecule has 0 spiro atoms. The lowest BCUT2D eigenvalue weighted by Crippen LogP contribution is -2.40. The lowest BCUT2D eigenvalue weighted by Gasteiger charge is -2.34. The van der Waals surface area contributed by atoms with E-state index < -0.39 is 5.60 Å². The van der Waals surface area contributed by atoms with Gasteiger partial charge in [-0.2, -0.15) is 0 Å². The lowest BCUT2D eigenvalue weighted by molar-refractivity contribution is 0.0517. The summed E-state index contributed by atoms with van der Waals surface area (Å²) in [6.45, 7) is 8.16. The Kier molecular flexibility index (Phi) is 5.79. The molecule has 1 aliphatic rings. The number of anilines is 2. The first-order valence-corrected chi connectivity index (χ1v) is 8.81. The molecule has 23 heavy (non-hydrogen) atoms. The number of halogens is 1. The molecule has 5 nitrogen and oxygen atoms in total. The van der Waals surface area contributed by atoms with Crippen molar-refractivity contribution in [2.24, 2.45) is 5.92 Å². The minimum Gasteiger partial charge on any atom is -0.444 e. The van der Waals surface area contributed by atoms with Gasteiger partial charge in [-0.05, 0) is 57.7 Å². The number of hydrogen-bond donors (Lipinski definition) is 2. The molecule has 0 saturated carbocycles. The number of ether oxygens (including phenoxy) is 1. The summed E-state index contributed by atoms with van der Waals surface area (Å²) >= 11 is 3.50. The molecule has 1 amide bonds. The van der Waals surface area contributed by atoms with Gasteiger partial charge in [0.05, 0.1) is 11.4 Å². The van der Waals surface area contributed by atoms with E-state index in [1.807, 2.05) is 32.9 Å². The maximum atomic E-state index is 11.7. The molecule has 3 N–H and O–H groups in total. The number of alkyl carbamates (subject to hydrolysis) is 1. The van der Waals surface area contributed by atoms with Gasteiger partial charge in [0.15, 0.2) is 0 Å². The second-order valence-electron chi connectivity index (χ2n) is 7.02. The lowest BCUT2D eigenvalue weighted by atomic mass is 9.96. The van der Waals surface area contributed by atoms with Crippen LogP contribution in [0.3, 0.4) is 0 Å². The minimum atomic E-state index is -0.453.